The molecule has 33 heavy (non-hydrogen) atoms. The normalized spacial score (nSPS) is 11.7. The Morgan fingerprint density at radius 1 is 0.939 bits per heavy atom. The van der Waals surface area contributed by atoms with Gasteiger partial charge in [0.1, 0.15) is 12.4 Å². The summed E-state index contributed by atoms with van der Waals surface area (Å²) < 4.78 is 7.85. The van der Waals surface area contributed by atoms with E-state index in [1.807, 2.05) is 104 Å². The molecule has 0 spiro atoms. The maximum Gasteiger partial charge on any atom is 0.237 e. The van der Waals surface area contributed by atoms with E-state index >= 15 is 0 Å². The molecule has 1 N–H and O–H groups in total. The minimum absolute atomic E-state index is 0.0814. The van der Waals surface area contributed by atoms with Crippen molar-refractivity contribution in [2.24, 2.45) is 0 Å². The van der Waals surface area contributed by atoms with Gasteiger partial charge in [0.05, 0.1) is 5.25 Å². The monoisotopic (exact) mass is 458 g/mol. The second kappa shape index (κ2) is 10.4. The quantitative estimate of drug-likeness (QED) is 0.349. The number of nitrogens with one attached hydrogen (secondary N) is 1. The number of hydrogen-bond acceptors (Lipinski definition) is 5. The van der Waals surface area contributed by atoms with Crippen LogP contribution in [0.4, 0.5) is 5.69 Å². The molecule has 1 amide bonds. The van der Waals surface area contributed by atoms with Gasteiger partial charge in [-0.1, -0.05) is 66.4 Å². The van der Waals surface area contributed by atoms with Crippen molar-refractivity contribution in [2.75, 3.05) is 5.32 Å². The van der Waals surface area contributed by atoms with Gasteiger partial charge < -0.3 is 10.1 Å². The van der Waals surface area contributed by atoms with Gasteiger partial charge in [-0.15, -0.1) is 10.2 Å². The molecule has 0 aliphatic heterocycles. The molecule has 0 unspecified atom stereocenters. The van der Waals surface area contributed by atoms with Crippen LogP contribution in [0.2, 0.25) is 0 Å². The maximum absolute atomic E-state index is 13.0. The van der Waals surface area contributed by atoms with E-state index in [2.05, 4.69) is 15.5 Å². The summed E-state index contributed by atoms with van der Waals surface area (Å²) in [6.45, 7) is 6.12. The molecule has 1 atom stereocenters. The number of nitrogens with zero attached hydrogens (tertiary/aromatic N) is 3. The van der Waals surface area contributed by atoms with Crippen molar-refractivity contribution >= 4 is 23.4 Å². The van der Waals surface area contributed by atoms with Crippen molar-refractivity contribution in [3.63, 3.8) is 0 Å². The van der Waals surface area contributed by atoms with Crippen LogP contribution in [0.3, 0.4) is 0 Å². The number of anilines is 1. The molecule has 0 saturated carbocycles. The first kappa shape index (κ1) is 22.6. The summed E-state index contributed by atoms with van der Waals surface area (Å²) in [6, 6.07) is 25.4. The van der Waals surface area contributed by atoms with Crippen LogP contribution in [0.5, 0.6) is 5.75 Å². The number of aryl methyl sites for hydroxylation is 2. The molecule has 0 saturated heterocycles. The number of carbonyl (C=O) groups excluding carboxylic acids is 1. The molecule has 1 heterocycles. The topological polar surface area (TPSA) is 69.0 Å². The molecule has 0 fully saturated rings. The van der Waals surface area contributed by atoms with Crippen LogP contribution in [0.1, 0.15) is 23.9 Å². The zero-order valence-electron chi connectivity index (χ0n) is 18.9. The second-order valence-corrected chi connectivity index (χ2v) is 9.00. The minimum Gasteiger partial charge on any atom is -0.486 e. The van der Waals surface area contributed by atoms with E-state index in [1.54, 1.807) is 0 Å². The van der Waals surface area contributed by atoms with E-state index in [4.69, 9.17) is 4.74 Å². The van der Waals surface area contributed by atoms with Crippen molar-refractivity contribution in [2.45, 2.75) is 37.8 Å². The average molecular weight is 459 g/mol. The van der Waals surface area contributed by atoms with Gasteiger partial charge >= 0.3 is 0 Å². The molecule has 4 rings (SSSR count). The van der Waals surface area contributed by atoms with Gasteiger partial charge in [-0.05, 0) is 56.2 Å². The summed E-state index contributed by atoms with van der Waals surface area (Å²) in [5, 5.41) is 12.1. The number of amides is 1. The average Bonchev–Trinajstić information content (AvgIpc) is 3.23. The smallest absolute Gasteiger partial charge is 0.237 e. The number of carbonyl (C=O) groups is 1. The second-order valence-electron chi connectivity index (χ2n) is 7.69. The molecule has 1 aromatic heterocycles. The van der Waals surface area contributed by atoms with Crippen LogP contribution in [-0.2, 0) is 11.4 Å². The van der Waals surface area contributed by atoms with E-state index in [1.165, 1.54) is 11.8 Å². The number of rotatable bonds is 8. The third-order valence-corrected chi connectivity index (χ3v) is 6.25. The molecule has 0 aliphatic carbocycles. The molecule has 7 heteroatoms. The van der Waals surface area contributed by atoms with Gasteiger partial charge in [-0.3, -0.25) is 9.36 Å². The van der Waals surface area contributed by atoms with Crippen molar-refractivity contribution in [1.29, 1.82) is 0 Å². The highest BCUT2D eigenvalue weighted by Crippen LogP contribution is 2.28. The van der Waals surface area contributed by atoms with Gasteiger partial charge in [-0.2, -0.15) is 0 Å². The molecule has 4 aromatic rings. The van der Waals surface area contributed by atoms with E-state index in [0.717, 1.165) is 28.3 Å². The first-order chi connectivity index (χ1) is 16.0. The summed E-state index contributed by atoms with van der Waals surface area (Å²) in [7, 11) is 0. The number of thioether (sulfide) groups is 1. The summed E-state index contributed by atoms with van der Waals surface area (Å²) in [5.41, 5.74) is 3.84. The third kappa shape index (κ3) is 5.43. The van der Waals surface area contributed by atoms with Gasteiger partial charge in [-0.25, -0.2) is 0 Å². The lowest BCUT2D eigenvalue weighted by Gasteiger charge is -2.16. The standard InChI is InChI=1S/C26H26N4O2S/c1-18-11-10-12-19(2)24(18)27-25(31)20(3)33-26-29-28-23(17-32-22-15-8-5-9-16-22)30(26)21-13-6-4-7-14-21/h4-16,20H,17H2,1-3H3,(H,27,31)/t20-/m0/s1. The Morgan fingerprint density at radius 2 is 1.58 bits per heavy atom. The fraction of sp³-hybridized carbons (Fsp3) is 0.192. The summed E-state index contributed by atoms with van der Waals surface area (Å²) in [5.74, 6) is 1.34. The lowest BCUT2D eigenvalue weighted by atomic mass is 10.1. The lowest BCUT2D eigenvalue weighted by Crippen LogP contribution is -2.24. The number of ether oxygens (including phenoxy) is 1. The summed E-state index contributed by atoms with van der Waals surface area (Å²) in [4.78, 5) is 13.0. The fourth-order valence-corrected chi connectivity index (χ4v) is 4.31. The van der Waals surface area contributed by atoms with Gasteiger partial charge in [0, 0.05) is 11.4 Å². The molecule has 6 nitrogen and oxygen atoms in total. The first-order valence-corrected chi connectivity index (χ1v) is 11.6. The Morgan fingerprint density at radius 3 is 2.24 bits per heavy atom. The zero-order valence-corrected chi connectivity index (χ0v) is 19.7. The summed E-state index contributed by atoms with van der Waals surface area (Å²) >= 11 is 1.37. The zero-order chi connectivity index (χ0) is 23.2. The predicted octanol–water partition coefficient (Wildman–Crippen LogP) is 5.58. The van der Waals surface area contributed by atoms with Gasteiger partial charge in [0.15, 0.2) is 11.0 Å². The SMILES string of the molecule is Cc1cccc(C)c1NC(=O)[C@H](C)Sc1nnc(COc2ccccc2)n1-c1ccccc1. The van der Waals surface area contributed by atoms with E-state index in [-0.39, 0.29) is 17.8 Å². The highest BCUT2D eigenvalue weighted by Gasteiger charge is 2.22. The molecule has 3 aromatic carbocycles. The Bertz CT molecular complexity index is 1210. The van der Waals surface area contributed by atoms with E-state index in [0.29, 0.717) is 11.0 Å². The van der Waals surface area contributed by atoms with E-state index in [9.17, 15) is 4.79 Å². The van der Waals surface area contributed by atoms with Crippen LogP contribution >= 0.6 is 11.8 Å². The molecule has 0 radical (unpaired) electrons. The van der Waals surface area contributed by atoms with E-state index < -0.39 is 0 Å². The highest BCUT2D eigenvalue weighted by molar-refractivity contribution is 8.00. The lowest BCUT2D eigenvalue weighted by molar-refractivity contribution is -0.115. The number of hydrogen-bond donors (Lipinski definition) is 1. The van der Waals surface area contributed by atoms with Crippen molar-refractivity contribution in [3.8, 4) is 11.4 Å². The minimum atomic E-state index is -0.376. The molecule has 168 valence electrons. The van der Waals surface area contributed by atoms with Crippen LogP contribution in [-0.4, -0.2) is 25.9 Å². The Hall–Kier alpha value is -3.58. The molecule has 0 aliphatic rings. The predicted molar refractivity (Wildman–Crippen MR) is 132 cm³/mol. The maximum atomic E-state index is 13.0. The van der Waals surface area contributed by atoms with Crippen LogP contribution in [0, 0.1) is 13.8 Å². The van der Waals surface area contributed by atoms with Crippen LogP contribution in [0.15, 0.2) is 84.0 Å². The highest BCUT2D eigenvalue weighted by atomic mass is 32.2. The largest absolute Gasteiger partial charge is 0.486 e. The first-order valence-electron chi connectivity index (χ1n) is 10.7. The summed E-state index contributed by atoms with van der Waals surface area (Å²) in [6.07, 6.45) is 0. The number of benzene rings is 3. The molecular weight excluding hydrogens is 432 g/mol. The third-order valence-electron chi connectivity index (χ3n) is 5.21. The molecular formula is C26H26N4O2S. The van der Waals surface area contributed by atoms with Gasteiger partial charge in [0.2, 0.25) is 5.91 Å². The number of para-hydroxylation sites is 3. The Labute approximate surface area is 198 Å². The Balaban J connectivity index is 1.55. The van der Waals surface area contributed by atoms with Crippen LogP contribution in [0.25, 0.3) is 5.69 Å². The van der Waals surface area contributed by atoms with Crippen molar-refractivity contribution in [3.05, 3.63) is 95.8 Å². The van der Waals surface area contributed by atoms with Crippen molar-refractivity contribution < 1.29 is 9.53 Å². The number of aromatic nitrogens is 3. The van der Waals surface area contributed by atoms with Crippen molar-refractivity contribution in [1.82, 2.24) is 14.8 Å². The van der Waals surface area contributed by atoms with Gasteiger partial charge in [0.25, 0.3) is 0 Å². The Kier molecular flexibility index (Phi) is 7.10. The molecule has 0 bridgehead atoms. The van der Waals surface area contributed by atoms with Crippen LogP contribution < -0.4 is 10.1 Å². The fourth-order valence-electron chi connectivity index (χ4n) is 3.42.